The van der Waals surface area contributed by atoms with E-state index in [4.69, 9.17) is 0 Å². The van der Waals surface area contributed by atoms with Crippen LogP contribution in [0.5, 0.6) is 0 Å². The van der Waals surface area contributed by atoms with Crippen LogP contribution in [-0.2, 0) is 6.42 Å². The van der Waals surface area contributed by atoms with Gasteiger partial charge in [0.2, 0.25) is 0 Å². The topological polar surface area (TPSA) is 60.2 Å². The number of hydrogen-bond acceptors (Lipinski definition) is 3. The van der Waals surface area contributed by atoms with Gasteiger partial charge in [0.25, 0.3) is 5.69 Å². The summed E-state index contributed by atoms with van der Waals surface area (Å²) in [5.74, 6) is -0.143. The Kier molecular flexibility index (Phi) is 4.06. The molecule has 0 aliphatic carbocycles. The largest absolute Gasteiger partial charge is 0.294 e. The molecule has 0 unspecified atom stereocenters. The molecule has 0 radical (unpaired) electrons. The second-order valence-corrected chi connectivity index (χ2v) is 4.96. The minimum atomic E-state index is -0.510. The van der Waals surface area contributed by atoms with Crippen molar-refractivity contribution in [3.63, 3.8) is 0 Å². The van der Waals surface area contributed by atoms with Crippen LogP contribution in [0.3, 0.4) is 0 Å². The average molecular weight is 320 g/mol. The van der Waals surface area contributed by atoms with Crippen LogP contribution < -0.4 is 0 Å². The van der Waals surface area contributed by atoms with Crippen LogP contribution >= 0.6 is 15.9 Å². The fourth-order valence-electron chi connectivity index (χ4n) is 1.72. The van der Waals surface area contributed by atoms with Gasteiger partial charge >= 0.3 is 0 Å². The van der Waals surface area contributed by atoms with E-state index in [1.165, 1.54) is 12.1 Å². The SMILES string of the molecule is O=C(Cc1ccccc1)c1cc(Br)cc([N+](=O)[O-])c1. The predicted molar refractivity (Wildman–Crippen MR) is 75.3 cm³/mol. The summed E-state index contributed by atoms with van der Waals surface area (Å²) < 4.78 is 0.526. The zero-order chi connectivity index (χ0) is 13.8. The van der Waals surface area contributed by atoms with Gasteiger partial charge in [0.05, 0.1) is 4.92 Å². The number of nitro groups is 1. The number of carbonyl (C=O) groups excluding carboxylic acids is 1. The summed E-state index contributed by atoms with van der Waals surface area (Å²) in [7, 11) is 0. The first-order valence-electron chi connectivity index (χ1n) is 5.58. The maximum Gasteiger partial charge on any atom is 0.271 e. The van der Waals surface area contributed by atoms with Gasteiger partial charge in [-0.1, -0.05) is 46.3 Å². The van der Waals surface area contributed by atoms with Crippen LogP contribution in [0.1, 0.15) is 15.9 Å². The van der Waals surface area contributed by atoms with E-state index >= 15 is 0 Å². The highest BCUT2D eigenvalue weighted by atomic mass is 79.9. The summed E-state index contributed by atoms with van der Waals surface area (Å²) in [5.41, 5.74) is 1.13. The number of rotatable bonds is 4. The second kappa shape index (κ2) is 5.75. The lowest BCUT2D eigenvalue weighted by molar-refractivity contribution is -0.385. The van der Waals surface area contributed by atoms with E-state index < -0.39 is 4.92 Å². The van der Waals surface area contributed by atoms with Crippen molar-refractivity contribution in [1.29, 1.82) is 0 Å². The van der Waals surface area contributed by atoms with Gasteiger partial charge in [0.1, 0.15) is 0 Å². The Morgan fingerprint density at radius 2 is 1.84 bits per heavy atom. The Labute approximate surface area is 118 Å². The molecule has 0 fully saturated rings. The highest BCUT2D eigenvalue weighted by molar-refractivity contribution is 9.10. The summed E-state index contributed by atoms with van der Waals surface area (Å²) in [5, 5.41) is 10.8. The lowest BCUT2D eigenvalue weighted by Crippen LogP contribution is -2.04. The van der Waals surface area contributed by atoms with Crippen molar-refractivity contribution in [3.8, 4) is 0 Å². The molecular formula is C14H10BrNO3. The normalized spacial score (nSPS) is 10.2. The van der Waals surface area contributed by atoms with Crippen LogP contribution in [0, 0.1) is 10.1 Å². The highest BCUT2D eigenvalue weighted by Gasteiger charge is 2.14. The van der Waals surface area contributed by atoms with E-state index in [1.54, 1.807) is 6.07 Å². The van der Waals surface area contributed by atoms with Crippen molar-refractivity contribution < 1.29 is 9.72 Å². The van der Waals surface area contributed by atoms with E-state index in [0.29, 0.717) is 10.0 Å². The summed E-state index contributed by atoms with van der Waals surface area (Å²) >= 11 is 3.18. The van der Waals surface area contributed by atoms with E-state index in [2.05, 4.69) is 15.9 Å². The summed E-state index contributed by atoms with van der Waals surface area (Å²) in [6.45, 7) is 0. The molecule has 0 bridgehead atoms. The number of halogens is 1. The lowest BCUT2D eigenvalue weighted by atomic mass is 10.0. The third kappa shape index (κ3) is 3.48. The van der Waals surface area contributed by atoms with Gasteiger partial charge in [-0.25, -0.2) is 0 Å². The molecule has 2 aromatic carbocycles. The molecule has 2 aromatic rings. The quantitative estimate of drug-likeness (QED) is 0.489. The molecule has 0 saturated carbocycles. The smallest absolute Gasteiger partial charge is 0.271 e. The Hall–Kier alpha value is -2.01. The van der Waals surface area contributed by atoms with Crippen molar-refractivity contribution in [1.82, 2.24) is 0 Å². The lowest BCUT2D eigenvalue weighted by Gasteiger charge is -2.02. The molecule has 19 heavy (non-hydrogen) atoms. The molecule has 0 heterocycles. The van der Waals surface area contributed by atoms with E-state index in [0.717, 1.165) is 5.56 Å². The predicted octanol–water partition coefficient (Wildman–Crippen LogP) is 3.78. The van der Waals surface area contributed by atoms with E-state index in [9.17, 15) is 14.9 Å². The van der Waals surface area contributed by atoms with Gasteiger partial charge in [-0.15, -0.1) is 0 Å². The number of nitro benzene ring substituents is 1. The number of Topliss-reactive ketones (excluding diaryl/α,β-unsaturated/α-hetero) is 1. The number of hydrogen-bond donors (Lipinski definition) is 0. The van der Waals surface area contributed by atoms with Crippen molar-refractivity contribution >= 4 is 27.4 Å². The maximum absolute atomic E-state index is 12.1. The first kappa shape index (κ1) is 13.4. The molecule has 0 amide bonds. The zero-order valence-electron chi connectivity index (χ0n) is 9.88. The zero-order valence-corrected chi connectivity index (χ0v) is 11.5. The van der Waals surface area contributed by atoms with Crippen molar-refractivity contribution in [2.24, 2.45) is 0 Å². The first-order valence-corrected chi connectivity index (χ1v) is 6.37. The number of ketones is 1. The molecule has 4 nitrogen and oxygen atoms in total. The molecule has 0 spiro atoms. The van der Waals surface area contributed by atoms with E-state index in [-0.39, 0.29) is 17.9 Å². The summed E-state index contributed by atoms with van der Waals surface area (Å²) in [6, 6.07) is 13.6. The fourth-order valence-corrected chi connectivity index (χ4v) is 2.21. The molecule has 0 aliphatic rings. The first-order chi connectivity index (χ1) is 9.06. The van der Waals surface area contributed by atoms with Gasteiger partial charge in [-0.3, -0.25) is 14.9 Å². The average Bonchev–Trinajstić information content (AvgIpc) is 2.39. The minimum absolute atomic E-state index is 0.0919. The number of benzene rings is 2. The van der Waals surface area contributed by atoms with Gasteiger partial charge in [0, 0.05) is 28.6 Å². The van der Waals surface area contributed by atoms with Crippen LogP contribution in [0.2, 0.25) is 0 Å². The molecular weight excluding hydrogens is 310 g/mol. The van der Waals surface area contributed by atoms with Crippen LogP contribution in [0.15, 0.2) is 53.0 Å². The highest BCUT2D eigenvalue weighted by Crippen LogP contribution is 2.22. The third-order valence-electron chi connectivity index (χ3n) is 2.62. The molecule has 2 rings (SSSR count). The molecule has 5 heteroatoms. The second-order valence-electron chi connectivity index (χ2n) is 4.04. The van der Waals surface area contributed by atoms with Crippen LogP contribution in [-0.4, -0.2) is 10.7 Å². The Morgan fingerprint density at radius 3 is 2.47 bits per heavy atom. The Balaban J connectivity index is 2.26. The number of nitrogens with zero attached hydrogens (tertiary/aromatic N) is 1. The van der Waals surface area contributed by atoms with Gasteiger partial charge in [-0.2, -0.15) is 0 Å². The van der Waals surface area contributed by atoms with Crippen molar-refractivity contribution in [3.05, 3.63) is 74.2 Å². The summed E-state index contributed by atoms with van der Waals surface area (Å²) in [6.07, 6.45) is 0.231. The monoisotopic (exact) mass is 319 g/mol. The van der Waals surface area contributed by atoms with Gasteiger partial charge < -0.3 is 0 Å². The molecule has 0 aliphatic heterocycles. The molecule has 0 saturated heterocycles. The molecule has 0 N–H and O–H groups in total. The van der Waals surface area contributed by atoms with Crippen LogP contribution in [0.25, 0.3) is 0 Å². The molecule has 96 valence electrons. The standard InChI is InChI=1S/C14H10BrNO3/c15-12-7-11(8-13(9-12)16(18)19)14(17)6-10-4-2-1-3-5-10/h1-5,7-9H,6H2. The summed E-state index contributed by atoms with van der Waals surface area (Å²) in [4.78, 5) is 22.3. The third-order valence-corrected chi connectivity index (χ3v) is 3.08. The fraction of sp³-hybridized carbons (Fsp3) is 0.0714. The molecule has 0 aromatic heterocycles. The van der Waals surface area contributed by atoms with E-state index in [1.807, 2.05) is 30.3 Å². The van der Waals surface area contributed by atoms with Crippen molar-refractivity contribution in [2.75, 3.05) is 0 Å². The maximum atomic E-state index is 12.1. The number of non-ortho nitro benzene ring substituents is 1. The minimum Gasteiger partial charge on any atom is -0.294 e. The Morgan fingerprint density at radius 1 is 1.16 bits per heavy atom. The van der Waals surface area contributed by atoms with Crippen LogP contribution in [0.4, 0.5) is 5.69 Å². The van der Waals surface area contributed by atoms with Gasteiger partial charge in [-0.05, 0) is 11.6 Å². The van der Waals surface area contributed by atoms with Gasteiger partial charge in [0.15, 0.2) is 5.78 Å². The Bertz CT molecular complexity index is 626. The van der Waals surface area contributed by atoms with Crippen molar-refractivity contribution in [2.45, 2.75) is 6.42 Å². The number of carbonyl (C=O) groups is 1. The molecule has 0 atom stereocenters.